The van der Waals surface area contributed by atoms with Gasteiger partial charge in [0.1, 0.15) is 0 Å². The molecule has 2 heterocycles. The third-order valence-corrected chi connectivity index (χ3v) is 5.53. The molecule has 1 aromatic heterocycles. The molecule has 4 aromatic rings. The lowest BCUT2D eigenvalue weighted by Crippen LogP contribution is -2.30. The lowest BCUT2D eigenvalue weighted by molar-refractivity contribution is 0.0925. The molecule has 152 valence electrons. The van der Waals surface area contributed by atoms with Gasteiger partial charge in [-0.1, -0.05) is 29.8 Å². The van der Waals surface area contributed by atoms with Crippen molar-refractivity contribution >= 4 is 28.4 Å². The average Bonchev–Trinajstić information content (AvgIpc) is 2.98. The number of aromatic nitrogens is 1. The highest BCUT2D eigenvalue weighted by Gasteiger charge is 2.38. The third-order valence-electron chi connectivity index (χ3n) is 5.53. The molecule has 3 aromatic carbocycles. The number of fused-ring (bicyclic) bond motifs is 2. The van der Waals surface area contributed by atoms with E-state index in [0.29, 0.717) is 27.7 Å². The summed E-state index contributed by atoms with van der Waals surface area (Å²) in [6, 6.07) is 15.6. The first-order valence-electron chi connectivity index (χ1n) is 9.86. The highest BCUT2D eigenvalue weighted by Crippen LogP contribution is 2.35. The number of aryl methyl sites for hydroxylation is 3. The molecule has 1 aliphatic rings. The van der Waals surface area contributed by atoms with Crippen LogP contribution in [0.4, 0.5) is 5.69 Å². The summed E-state index contributed by atoms with van der Waals surface area (Å²) in [6.45, 7) is 5.75. The number of carbonyl (C=O) groups is 2. The van der Waals surface area contributed by atoms with Crippen LogP contribution in [0, 0.1) is 20.8 Å². The smallest absolute Gasteiger partial charge is 0.347 e. The monoisotopic (exact) mass is 410 g/mol. The van der Waals surface area contributed by atoms with Crippen molar-refractivity contribution in [2.45, 2.75) is 20.8 Å². The van der Waals surface area contributed by atoms with Crippen LogP contribution in [0.1, 0.15) is 37.4 Å². The second kappa shape index (κ2) is 6.74. The minimum Gasteiger partial charge on any atom is -0.403 e. The lowest BCUT2D eigenvalue weighted by Gasteiger charge is -2.20. The van der Waals surface area contributed by atoms with Crippen LogP contribution in [0.3, 0.4) is 0 Å². The van der Waals surface area contributed by atoms with Gasteiger partial charge in [0.2, 0.25) is 5.89 Å². The third kappa shape index (κ3) is 2.87. The fourth-order valence-electron chi connectivity index (χ4n) is 4.24. The molecular formula is C25H18N2O4. The van der Waals surface area contributed by atoms with Gasteiger partial charge in [0.25, 0.3) is 11.8 Å². The van der Waals surface area contributed by atoms with E-state index in [2.05, 4.69) is 4.98 Å². The number of carbonyl (C=O) groups excluding carboxylic acids is 2. The van der Waals surface area contributed by atoms with Crippen molar-refractivity contribution in [3.8, 4) is 11.5 Å². The highest BCUT2D eigenvalue weighted by atomic mass is 16.4. The Morgan fingerprint density at radius 1 is 0.806 bits per heavy atom. The maximum atomic E-state index is 13.3. The highest BCUT2D eigenvalue weighted by molar-refractivity contribution is 6.35. The summed E-state index contributed by atoms with van der Waals surface area (Å²) in [5.74, 6) is -0.664. The summed E-state index contributed by atoms with van der Waals surface area (Å²) in [5, 5.41) is 0.384. The number of hydrogen-bond acceptors (Lipinski definition) is 5. The summed E-state index contributed by atoms with van der Waals surface area (Å²) in [7, 11) is 0. The van der Waals surface area contributed by atoms with E-state index < -0.39 is 11.5 Å². The van der Waals surface area contributed by atoms with Crippen LogP contribution in [0.15, 0.2) is 63.8 Å². The molecule has 0 N–H and O–H groups in total. The molecule has 0 saturated heterocycles. The topological polar surface area (TPSA) is 80.5 Å². The zero-order valence-corrected chi connectivity index (χ0v) is 17.2. The van der Waals surface area contributed by atoms with E-state index in [0.717, 1.165) is 16.7 Å². The predicted octanol–water partition coefficient (Wildman–Crippen LogP) is 4.58. The normalized spacial score (nSPS) is 13.2. The van der Waals surface area contributed by atoms with Gasteiger partial charge in [0.15, 0.2) is 0 Å². The molecule has 0 saturated carbocycles. The fraction of sp³-hybridized carbons (Fsp3) is 0.120. The van der Waals surface area contributed by atoms with E-state index in [-0.39, 0.29) is 17.4 Å². The summed E-state index contributed by atoms with van der Waals surface area (Å²) in [5.41, 5.74) is 4.42. The van der Waals surface area contributed by atoms with Crippen LogP contribution in [0.5, 0.6) is 0 Å². The van der Waals surface area contributed by atoms with Crippen LogP contribution in [0.2, 0.25) is 0 Å². The van der Waals surface area contributed by atoms with Crippen LogP contribution >= 0.6 is 0 Å². The Bertz CT molecular complexity index is 1460. The minimum absolute atomic E-state index is 0.105. The Morgan fingerprint density at radius 3 is 2.23 bits per heavy atom. The standard InChI is InChI=1S/C25H18N2O4/c1-13-10-14(2)21(15(3)11-13)27-23(28)17-9-8-16(12-19(17)24(27)29)22-26-20-7-5-4-6-18(20)25(30)31-22/h4-12H,1-3H3. The second-order valence-corrected chi connectivity index (χ2v) is 7.78. The maximum Gasteiger partial charge on any atom is 0.347 e. The van der Waals surface area contributed by atoms with Gasteiger partial charge in [0, 0.05) is 5.56 Å². The molecule has 0 atom stereocenters. The number of rotatable bonds is 2. The van der Waals surface area contributed by atoms with Gasteiger partial charge in [-0.25, -0.2) is 14.7 Å². The molecule has 2 amide bonds. The average molecular weight is 410 g/mol. The summed E-state index contributed by atoms with van der Waals surface area (Å²) >= 11 is 0. The Morgan fingerprint density at radius 2 is 1.48 bits per heavy atom. The van der Waals surface area contributed by atoms with Crippen LogP contribution < -0.4 is 10.5 Å². The molecule has 0 radical (unpaired) electrons. The van der Waals surface area contributed by atoms with E-state index in [1.54, 1.807) is 42.5 Å². The molecular weight excluding hydrogens is 392 g/mol. The zero-order chi connectivity index (χ0) is 21.9. The first kappa shape index (κ1) is 18.9. The Balaban J connectivity index is 1.63. The number of para-hydroxylation sites is 1. The maximum absolute atomic E-state index is 13.3. The molecule has 0 unspecified atom stereocenters. The molecule has 0 aliphatic carbocycles. The Labute approximate surface area is 177 Å². The van der Waals surface area contributed by atoms with Gasteiger partial charge in [-0.2, -0.15) is 0 Å². The number of nitrogens with zero attached hydrogens (tertiary/aromatic N) is 2. The first-order valence-corrected chi connectivity index (χ1v) is 9.86. The van der Waals surface area contributed by atoms with Crippen LogP contribution in [-0.2, 0) is 0 Å². The van der Waals surface area contributed by atoms with E-state index in [9.17, 15) is 14.4 Å². The van der Waals surface area contributed by atoms with Crippen molar-refractivity contribution in [2.75, 3.05) is 4.90 Å². The van der Waals surface area contributed by atoms with Crippen molar-refractivity contribution in [1.29, 1.82) is 0 Å². The SMILES string of the molecule is Cc1cc(C)c(N2C(=O)c3ccc(-c4nc5ccccc5c(=O)o4)cc3C2=O)c(C)c1. The van der Waals surface area contributed by atoms with Crippen molar-refractivity contribution in [3.05, 3.63) is 92.8 Å². The van der Waals surface area contributed by atoms with Crippen molar-refractivity contribution in [1.82, 2.24) is 4.98 Å². The zero-order valence-electron chi connectivity index (χ0n) is 17.2. The van der Waals surface area contributed by atoms with Crippen molar-refractivity contribution < 1.29 is 14.0 Å². The van der Waals surface area contributed by atoms with E-state index in [1.165, 1.54) is 4.90 Å². The number of hydrogen-bond donors (Lipinski definition) is 0. The van der Waals surface area contributed by atoms with Gasteiger partial charge in [-0.3, -0.25) is 9.59 Å². The van der Waals surface area contributed by atoms with Gasteiger partial charge < -0.3 is 4.42 Å². The van der Waals surface area contributed by atoms with Crippen LogP contribution in [0.25, 0.3) is 22.4 Å². The molecule has 0 bridgehead atoms. The molecule has 6 nitrogen and oxygen atoms in total. The second-order valence-electron chi connectivity index (χ2n) is 7.78. The lowest BCUT2D eigenvalue weighted by atomic mass is 10.0. The molecule has 31 heavy (non-hydrogen) atoms. The van der Waals surface area contributed by atoms with Gasteiger partial charge >= 0.3 is 5.63 Å². The molecule has 6 heteroatoms. The molecule has 0 fully saturated rings. The molecule has 5 rings (SSSR count). The summed E-state index contributed by atoms with van der Waals surface area (Å²) in [6.07, 6.45) is 0. The quantitative estimate of drug-likeness (QED) is 0.452. The molecule has 1 aliphatic heterocycles. The van der Waals surface area contributed by atoms with Crippen LogP contribution in [-0.4, -0.2) is 16.8 Å². The number of amides is 2. The van der Waals surface area contributed by atoms with Gasteiger partial charge in [0.05, 0.1) is 27.7 Å². The van der Waals surface area contributed by atoms with E-state index in [1.807, 2.05) is 32.9 Å². The number of imide groups is 1. The summed E-state index contributed by atoms with van der Waals surface area (Å²) < 4.78 is 5.38. The van der Waals surface area contributed by atoms with Gasteiger partial charge in [-0.05, 0) is 62.2 Å². The predicted molar refractivity (Wildman–Crippen MR) is 118 cm³/mol. The van der Waals surface area contributed by atoms with Gasteiger partial charge in [-0.15, -0.1) is 0 Å². The number of benzene rings is 3. The minimum atomic E-state index is -0.504. The number of anilines is 1. The van der Waals surface area contributed by atoms with Crippen molar-refractivity contribution in [3.63, 3.8) is 0 Å². The summed E-state index contributed by atoms with van der Waals surface area (Å²) in [4.78, 5) is 44.3. The van der Waals surface area contributed by atoms with E-state index >= 15 is 0 Å². The Kier molecular flexibility index (Phi) is 4.12. The largest absolute Gasteiger partial charge is 0.403 e. The Hall–Kier alpha value is -4.06. The molecule has 0 spiro atoms. The first-order chi connectivity index (χ1) is 14.8. The van der Waals surface area contributed by atoms with Crippen molar-refractivity contribution in [2.24, 2.45) is 0 Å². The fourth-order valence-corrected chi connectivity index (χ4v) is 4.24. The van der Waals surface area contributed by atoms with E-state index in [4.69, 9.17) is 4.42 Å².